The number of aliphatic imine (C=N–C) groups is 1. The van der Waals surface area contributed by atoms with Crippen LogP contribution in [0.4, 0.5) is 11.4 Å². The van der Waals surface area contributed by atoms with Crippen molar-refractivity contribution in [3.63, 3.8) is 0 Å². The summed E-state index contributed by atoms with van der Waals surface area (Å²) in [5, 5.41) is 0. The second-order valence-electron chi connectivity index (χ2n) is 6.02. The van der Waals surface area contributed by atoms with Crippen molar-refractivity contribution in [2.24, 2.45) is 4.99 Å². The summed E-state index contributed by atoms with van der Waals surface area (Å²) in [5.74, 6) is 0. The molecular weight excluding hydrogens is 314 g/mol. The molecule has 2 heterocycles. The summed E-state index contributed by atoms with van der Waals surface area (Å²) in [6.45, 7) is 6.31. The number of anilines is 1. The molecule has 0 radical (unpaired) electrons. The van der Waals surface area contributed by atoms with Crippen LogP contribution in [-0.4, -0.2) is 37.3 Å². The molecule has 3 nitrogen and oxygen atoms in total. The third-order valence-electron chi connectivity index (χ3n) is 4.48. The summed E-state index contributed by atoms with van der Waals surface area (Å²) in [5.41, 5.74) is 3.61. The molecule has 4 heteroatoms. The zero-order valence-corrected chi connectivity index (χ0v) is 14.7. The smallest absolute Gasteiger partial charge is 0.0769 e. The third-order valence-corrected chi connectivity index (χ3v) is 5.62. The predicted molar refractivity (Wildman–Crippen MR) is 103 cm³/mol. The van der Waals surface area contributed by atoms with Gasteiger partial charge >= 0.3 is 0 Å². The first-order chi connectivity index (χ1) is 11.8. The fourth-order valence-corrected chi connectivity index (χ4v) is 4.28. The summed E-state index contributed by atoms with van der Waals surface area (Å²) in [7, 11) is 0. The molecule has 2 aliphatic heterocycles. The van der Waals surface area contributed by atoms with Crippen molar-refractivity contribution in [2.45, 2.75) is 16.7 Å². The van der Waals surface area contributed by atoms with Crippen LogP contribution in [0.2, 0.25) is 0 Å². The number of rotatable bonds is 2. The first kappa shape index (κ1) is 15.3. The number of hydrogen-bond donors (Lipinski definition) is 0. The van der Waals surface area contributed by atoms with Crippen LogP contribution < -0.4 is 4.90 Å². The van der Waals surface area contributed by atoms with E-state index in [1.165, 1.54) is 21.0 Å². The highest BCUT2D eigenvalue weighted by Crippen LogP contribution is 2.41. The number of fused-ring (bicyclic) bond motifs is 2. The van der Waals surface area contributed by atoms with Gasteiger partial charge < -0.3 is 9.80 Å². The Hall–Kier alpha value is -2.20. The maximum absolute atomic E-state index is 4.73. The number of para-hydroxylation sites is 1. The van der Waals surface area contributed by atoms with E-state index in [9.17, 15) is 0 Å². The Labute approximate surface area is 147 Å². The van der Waals surface area contributed by atoms with Crippen molar-refractivity contribution in [3.05, 3.63) is 60.3 Å². The quantitative estimate of drug-likeness (QED) is 0.684. The minimum Gasteiger partial charge on any atom is -0.374 e. The molecule has 0 amide bonds. The third kappa shape index (κ3) is 2.94. The van der Waals surface area contributed by atoms with Crippen molar-refractivity contribution < 1.29 is 0 Å². The average molecular weight is 335 g/mol. The lowest BCUT2D eigenvalue weighted by atomic mass is 10.1. The Balaban J connectivity index is 1.64. The summed E-state index contributed by atoms with van der Waals surface area (Å²) in [4.78, 5) is 12.1. The molecule has 4 rings (SSSR count). The molecule has 0 bridgehead atoms. The van der Waals surface area contributed by atoms with Gasteiger partial charge in [-0.3, -0.25) is 4.99 Å². The lowest BCUT2D eigenvalue weighted by Gasteiger charge is -2.36. The largest absolute Gasteiger partial charge is 0.374 e. The van der Waals surface area contributed by atoms with Crippen LogP contribution in [0, 0.1) is 0 Å². The van der Waals surface area contributed by atoms with Crippen LogP contribution in [0.3, 0.4) is 0 Å². The summed E-state index contributed by atoms with van der Waals surface area (Å²) < 4.78 is 0. The lowest BCUT2D eigenvalue weighted by Crippen LogP contribution is -2.44. The fraction of sp³-hybridized carbons (Fsp3) is 0.250. The number of allylic oxidation sites excluding steroid dienone is 1. The van der Waals surface area contributed by atoms with Crippen LogP contribution in [0.25, 0.3) is 0 Å². The minimum absolute atomic E-state index is 1.05. The van der Waals surface area contributed by atoms with E-state index in [0.29, 0.717) is 0 Å². The maximum Gasteiger partial charge on any atom is 0.0769 e. The zero-order chi connectivity index (χ0) is 16.4. The first-order valence-electron chi connectivity index (χ1n) is 8.41. The second-order valence-corrected chi connectivity index (χ2v) is 7.11. The molecule has 1 fully saturated rings. The molecule has 0 aromatic heterocycles. The van der Waals surface area contributed by atoms with Gasteiger partial charge in [0, 0.05) is 53.4 Å². The average Bonchev–Trinajstić information content (AvgIpc) is 2.82. The molecule has 24 heavy (non-hydrogen) atoms. The SMILES string of the molecule is C/C=C\N1CCN(c2cccc3c2C=Nc2ccccc2S3)CC1. The van der Waals surface area contributed by atoms with Crippen molar-refractivity contribution >= 4 is 29.4 Å². The van der Waals surface area contributed by atoms with Gasteiger partial charge in [0.05, 0.1) is 5.69 Å². The van der Waals surface area contributed by atoms with Gasteiger partial charge in [0.25, 0.3) is 0 Å². The van der Waals surface area contributed by atoms with Crippen molar-refractivity contribution in [2.75, 3.05) is 31.1 Å². The number of benzene rings is 2. The molecule has 2 aliphatic rings. The summed E-state index contributed by atoms with van der Waals surface area (Å²) >= 11 is 1.82. The Morgan fingerprint density at radius 1 is 0.958 bits per heavy atom. The molecular formula is C20H21N3S. The Bertz CT molecular complexity index is 789. The van der Waals surface area contributed by atoms with Crippen LogP contribution in [0.15, 0.2) is 69.5 Å². The first-order valence-corrected chi connectivity index (χ1v) is 9.22. The number of hydrogen-bond acceptors (Lipinski definition) is 4. The molecule has 0 saturated carbocycles. The van der Waals surface area contributed by atoms with Gasteiger partial charge in [0.1, 0.15) is 0 Å². The highest BCUT2D eigenvalue weighted by Gasteiger charge is 2.20. The van der Waals surface area contributed by atoms with Crippen LogP contribution >= 0.6 is 11.8 Å². The molecule has 0 aliphatic carbocycles. The topological polar surface area (TPSA) is 18.8 Å². The normalized spacial score (nSPS) is 16.9. The molecule has 2 aromatic carbocycles. The highest BCUT2D eigenvalue weighted by atomic mass is 32.2. The van der Waals surface area contributed by atoms with Gasteiger partial charge in [-0.15, -0.1) is 0 Å². The van der Waals surface area contributed by atoms with E-state index in [1.807, 2.05) is 24.0 Å². The summed E-state index contributed by atoms with van der Waals surface area (Å²) in [6, 6.07) is 15.0. The lowest BCUT2D eigenvalue weighted by molar-refractivity contribution is 0.348. The van der Waals surface area contributed by atoms with Crippen LogP contribution in [0.5, 0.6) is 0 Å². The predicted octanol–water partition coefficient (Wildman–Crippen LogP) is 4.56. The van der Waals surface area contributed by atoms with Crippen molar-refractivity contribution in [1.82, 2.24) is 4.90 Å². The van der Waals surface area contributed by atoms with Gasteiger partial charge in [-0.1, -0.05) is 36.0 Å². The molecule has 1 saturated heterocycles. The van der Waals surface area contributed by atoms with E-state index in [4.69, 9.17) is 4.99 Å². The Morgan fingerprint density at radius 2 is 1.75 bits per heavy atom. The molecule has 0 unspecified atom stereocenters. The molecule has 0 N–H and O–H groups in total. The number of piperazine rings is 1. The van der Waals surface area contributed by atoms with E-state index in [1.54, 1.807) is 0 Å². The maximum atomic E-state index is 4.73. The zero-order valence-electron chi connectivity index (χ0n) is 13.9. The monoisotopic (exact) mass is 335 g/mol. The van der Waals surface area contributed by atoms with Gasteiger partial charge in [0.15, 0.2) is 0 Å². The molecule has 2 aromatic rings. The second kappa shape index (κ2) is 6.73. The van der Waals surface area contributed by atoms with E-state index in [-0.39, 0.29) is 0 Å². The van der Waals surface area contributed by atoms with E-state index >= 15 is 0 Å². The molecule has 122 valence electrons. The minimum atomic E-state index is 1.05. The van der Waals surface area contributed by atoms with Crippen molar-refractivity contribution in [1.29, 1.82) is 0 Å². The van der Waals surface area contributed by atoms with Gasteiger partial charge in [-0.2, -0.15) is 0 Å². The summed E-state index contributed by atoms with van der Waals surface area (Å²) in [6.07, 6.45) is 6.35. The molecule has 0 atom stereocenters. The Morgan fingerprint density at radius 3 is 2.58 bits per heavy atom. The number of nitrogens with zero attached hydrogens (tertiary/aromatic N) is 3. The standard InChI is InChI=1S/C20H21N3S/c1-2-10-22-11-13-23(14-12-22)18-7-5-9-19-16(18)15-21-17-6-3-4-8-20(17)24-19/h2-10,15H,11-14H2,1H3/b10-2-. The highest BCUT2D eigenvalue weighted by molar-refractivity contribution is 7.99. The van der Waals surface area contributed by atoms with Gasteiger partial charge in [-0.25, -0.2) is 0 Å². The molecule has 0 spiro atoms. The van der Waals surface area contributed by atoms with Crippen LogP contribution in [0.1, 0.15) is 12.5 Å². The van der Waals surface area contributed by atoms with Crippen LogP contribution in [-0.2, 0) is 0 Å². The van der Waals surface area contributed by atoms with Crippen molar-refractivity contribution in [3.8, 4) is 0 Å². The van der Waals surface area contributed by atoms with Gasteiger partial charge in [-0.05, 0) is 37.4 Å². The van der Waals surface area contributed by atoms with E-state index in [2.05, 4.69) is 65.4 Å². The van der Waals surface area contributed by atoms with E-state index < -0.39 is 0 Å². The Kier molecular flexibility index (Phi) is 4.30. The van der Waals surface area contributed by atoms with E-state index in [0.717, 1.165) is 31.9 Å². The fourth-order valence-electron chi connectivity index (χ4n) is 3.25. The van der Waals surface area contributed by atoms with Gasteiger partial charge in [0.2, 0.25) is 0 Å².